The van der Waals surface area contributed by atoms with Crippen LogP contribution in [-0.4, -0.2) is 20.0 Å². The molecule has 1 aliphatic carbocycles. The molecule has 6 aliphatic heterocycles. The number of para-hydroxylation sites is 6. The molecule has 13 rings (SSSR count). The number of hydrogen-bond acceptors (Lipinski definition) is 4. The predicted molar refractivity (Wildman–Crippen MR) is 201 cm³/mol. The molecule has 0 radical (unpaired) electrons. The topological polar surface area (TPSA) is 36.5 Å². The minimum atomic E-state index is -3.64. The van der Waals surface area contributed by atoms with Crippen molar-refractivity contribution in [2.24, 2.45) is 0 Å². The number of hydrogen-bond donors (Lipinski definition) is 0. The molecule has 7 nitrogen and oxygen atoms in total. The first-order chi connectivity index (χ1) is 24.7. The van der Waals surface area contributed by atoms with Crippen LogP contribution in [0, 0.1) is 0 Å². The third-order valence-corrected chi connectivity index (χ3v) is 14.7. The molecule has 6 aromatic carbocycles. The first kappa shape index (κ1) is 27.2. The van der Waals surface area contributed by atoms with Crippen molar-refractivity contribution in [3.63, 3.8) is 0 Å². The van der Waals surface area contributed by atoms with Crippen molar-refractivity contribution >= 4 is 41.7 Å². The molecular formula is C42H33N6OP. The fourth-order valence-electron chi connectivity index (χ4n) is 9.74. The lowest BCUT2D eigenvalue weighted by Gasteiger charge is -2.45. The average molecular weight is 669 g/mol. The van der Waals surface area contributed by atoms with Crippen LogP contribution >= 0.6 is 7.59 Å². The highest BCUT2D eigenvalue weighted by atomic mass is 31.2. The smallest absolute Gasteiger partial charge is 0.340 e. The summed E-state index contributed by atoms with van der Waals surface area (Å²) in [6, 6.07) is 53.3. The summed E-state index contributed by atoms with van der Waals surface area (Å²) in [5.41, 5.74) is 13.7. The second kappa shape index (κ2) is 9.52. The van der Waals surface area contributed by atoms with E-state index in [-0.39, 0.29) is 18.1 Å². The maximum absolute atomic E-state index is 17.2. The van der Waals surface area contributed by atoms with Crippen LogP contribution in [0.3, 0.4) is 0 Å². The summed E-state index contributed by atoms with van der Waals surface area (Å²) in [5.74, 6) is 0. The van der Waals surface area contributed by atoms with E-state index in [1.54, 1.807) is 0 Å². The summed E-state index contributed by atoms with van der Waals surface area (Å²) in [7, 11) is -3.64. The van der Waals surface area contributed by atoms with Gasteiger partial charge in [0.1, 0.15) is 20.0 Å². The Morgan fingerprint density at radius 2 is 0.620 bits per heavy atom. The molecule has 8 heteroatoms. The molecule has 16 bridgehead atoms. The van der Waals surface area contributed by atoms with Crippen molar-refractivity contribution in [3.05, 3.63) is 179 Å². The largest absolute Gasteiger partial charge is 0.365 e. The Labute approximate surface area is 291 Å². The summed E-state index contributed by atoms with van der Waals surface area (Å²) in [6.07, 6.45) is 0. The standard InChI is InChI=1S/C42H33N6OP/c49-50-46-25-43(34-16-1-4-19-37(34)46)40-28-10-7-12-30(22-28)41(44-26-47(50)38-20-5-2-17-35(38)44)32-14-9-15-33(24-32)42(31-13-8-11-29(40)23-31)45-27-48(50)39-21-6-3-18-36(39)45/h1-24,40-42H,25-27H2. The molecule has 6 aromatic rings. The maximum atomic E-state index is 17.2. The van der Waals surface area contributed by atoms with Crippen molar-refractivity contribution < 1.29 is 4.57 Å². The van der Waals surface area contributed by atoms with Crippen molar-refractivity contribution in [1.82, 2.24) is 0 Å². The summed E-state index contributed by atoms with van der Waals surface area (Å²) >= 11 is 0. The van der Waals surface area contributed by atoms with E-state index >= 15 is 4.57 Å². The zero-order chi connectivity index (χ0) is 32.7. The maximum Gasteiger partial charge on any atom is 0.365 e. The molecular weight excluding hydrogens is 635 g/mol. The summed E-state index contributed by atoms with van der Waals surface area (Å²) in [5, 5.41) is 0. The van der Waals surface area contributed by atoms with Gasteiger partial charge >= 0.3 is 7.59 Å². The Hall–Kier alpha value is -5.65. The van der Waals surface area contributed by atoms with Gasteiger partial charge in [0.2, 0.25) is 0 Å². The van der Waals surface area contributed by atoms with Gasteiger partial charge in [0.25, 0.3) is 0 Å². The molecule has 7 aliphatic rings. The summed E-state index contributed by atoms with van der Waals surface area (Å²) < 4.78 is 24.0. The third-order valence-electron chi connectivity index (χ3n) is 11.8. The zero-order valence-electron chi connectivity index (χ0n) is 27.2. The summed E-state index contributed by atoms with van der Waals surface area (Å²) in [4.78, 5) is 7.49. The van der Waals surface area contributed by atoms with E-state index in [1.165, 1.54) is 33.4 Å². The Morgan fingerprint density at radius 1 is 0.360 bits per heavy atom. The number of rotatable bonds is 0. The monoisotopic (exact) mass is 668 g/mol. The van der Waals surface area contributed by atoms with Gasteiger partial charge in [-0.2, -0.15) is 0 Å². The molecule has 0 aromatic heterocycles. The van der Waals surface area contributed by atoms with Crippen LogP contribution in [0.2, 0.25) is 0 Å². The van der Waals surface area contributed by atoms with E-state index < -0.39 is 7.59 Å². The van der Waals surface area contributed by atoms with Crippen molar-refractivity contribution in [2.75, 3.05) is 48.7 Å². The van der Waals surface area contributed by atoms with Crippen LogP contribution in [0.25, 0.3) is 0 Å². The van der Waals surface area contributed by atoms with Gasteiger partial charge in [-0.15, -0.1) is 0 Å². The number of nitrogens with zero attached hydrogens (tertiary/aromatic N) is 6. The van der Waals surface area contributed by atoms with Crippen LogP contribution in [-0.2, 0) is 4.57 Å². The lowest BCUT2D eigenvalue weighted by atomic mass is 9.86. The van der Waals surface area contributed by atoms with Gasteiger partial charge in [-0.25, -0.2) is 4.57 Å². The third kappa shape index (κ3) is 3.34. The zero-order valence-corrected chi connectivity index (χ0v) is 28.1. The molecule has 0 saturated carbocycles. The van der Waals surface area contributed by atoms with Gasteiger partial charge in [-0.3, -0.25) is 14.0 Å². The number of anilines is 6. The van der Waals surface area contributed by atoms with E-state index in [2.05, 4.69) is 174 Å². The molecule has 0 fully saturated rings. The van der Waals surface area contributed by atoms with Crippen LogP contribution in [0.15, 0.2) is 146 Å². The molecule has 242 valence electrons. The van der Waals surface area contributed by atoms with Crippen molar-refractivity contribution in [3.8, 4) is 0 Å². The molecule has 0 atom stereocenters. The molecule has 50 heavy (non-hydrogen) atoms. The van der Waals surface area contributed by atoms with Gasteiger partial charge in [0.05, 0.1) is 52.2 Å². The van der Waals surface area contributed by atoms with Gasteiger partial charge in [-0.05, 0) is 69.8 Å². The number of fused-ring (bicyclic) bond motifs is 3. The van der Waals surface area contributed by atoms with E-state index in [1.807, 2.05) is 0 Å². The van der Waals surface area contributed by atoms with E-state index in [0.717, 1.165) is 34.1 Å². The normalized spacial score (nSPS) is 24.3. The molecule has 0 N–H and O–H groups in total. The highest BCUT2D eigenvalue weighted by molar-refractivity contribution is 7.69. The predicted octanol–water partition coefficient (Wildman–Crippen LogP) is 9.26. The minimum absolute atomic E-state index is 0.0949. The second-order valence-corrected chi connectivity index (χ2v) is 16.7. The molecule has 6 heterocycles. The van der Waals surface area contributed by atoms with Gasteiger partial charge in [0.15, 0.2) is 0 Å². The van der Waals surface area contributed by atoms with E-state index in [0.29, 0.717) is 20.0 Å². The lowest BCUT2D eigenvalue weighted by molar-refractivity contribution is 0.560. The van der Waals surface area contributed by atoms with Gasteiger partial charge in [0, 0.05) is 0 Å². The number of benzene rings is 6. The molecule has 0 saturated heterocycles. The first-order valence-corrected chi connectivity index (χ1v) is 19.0. The Balaban J connectivity index is 1.31. The second-order valence-electron chi connectivity index (χ2n) is 14.2. The highest BCUT2D eigenvalue weighted by Gasteiger charge is 2.56. The highest BCUT2D eigenvalue weighted by Crippen LogP contribution is 2.70. The van der Waals surface area contributed by atoms with Gasteiger partial charge in [-0.1, -0.05) is 109 Å². The van der Waals surface area contributed by atoms with Crippen molar-refractivity contribution in [1.29, 1.82) is 0 Å². The Bertz CT molecular complexity index is 2140. The SMILES string of the molecule is O=P12N3CN(c4ccccc43)C3c4cccc(c4)C(c4cccc(c4)C(c4cccc3c4)N3CN1c1ccccc13)N1CN2c2ccccc21. The van der Waals surface area contributed by atoms with Crippen LogP contribution in [0.5, 0.6) is 0 Å². The average Bonchev–Trinajstić information content (AvgIpc) is 3.85. The van der Waals surface area contributed by atoms with Crippen LogP contribution in [0.4, 0.5) is 34.1 Å². The van der Waals surface area contributed by atoms with Gasteiger partial charge < -0.3 is 14.7 Å². The molecule has 0 unspecified atom stereocenters. The lowest BCUT2D eigenvalue weighted by Crippen LogP contribution is -2.47. The van der Waals surface area contributed by atoms with Crippen molar-refractivity contribution in [2.45, 2.75) is 18.1 Å². The van der Waals surface area contributed by atoms with E-state index in [4.69, 9.17) is 0 Å². The fraction of sp³-hybridized carbons (Fsp3) is 0.143. The quantitative estimate of drug-likeness (QED) is 0.149. The fourth-order valence-corrected chi connectivity index (χ4v) is 12.8. The first-order valence-electron chi connectivity index (χ1n) is 17.5. The minimum Gasteiger partial charge on any atom is -0.340 e. The van der Waals surface area contributed by atoms with Crippen LogP contribution < -0.4 is 28.7 Å². The summed E-state index contributed by atoms with van der Waals surface area (Å²) in [6.45, 7) is 1.46. The molecule has 0 spiro atoms. The Kier molecular flexibility index (Phi) is 5.18. The van der Waals surface area contributed by atoms with E-state index in [9.17, 15) is 0 Å². The Morgan fingerprint density at radius 3 is 0.900 bits per heavy atom. The molecule has 0 amide bonds. The van der Waals surface area contributed by atoms with Crippen LogP contribution in [0.1, 0.15) is 51.5 Å².